The number of benzene rings is 2. The van der Waals surface area contributed by atoms with Gasteiger partial charge in [-0.25, -0.2) is 0 Å². The summed E-state index contributed by atoms with van der Waals surface area (Å²) in [5.74, 6) is 1.05. The first-order valence-corrected chi connectivity index (χ1v) is 7.01. The predicted molar refractivity (Wildman–Crippen MR) is 78.8 cm³/mol. The molecule has 0 N–H and O–H groups in total. The lowest BCUT2D eigenvalue weighted by atomic mass is 10.1. The fraction of sp³-hybridized carbons (Fsp3) is 0.235. The molecule has 0 fully saturated rings. The molecule has 1 unspecified atom stereocenters. The molecule has 0 aliphatic heterocycles. The number of rotatable bonds is 2. The van der Waals surface area contributed by atoms with Gasteiger partial charge in [-0.3, -0.25) is 0 Å². The summed E-state index contributed by atoms with van der Waals surface area (Å²) in [4.78, 5) is 0. The van der Waals surface area contributed by atoms with Crippen molar-refractivity contribution in [3.8, 4) is 11.8 Å². The number of ether oxygens (including phenoxy) is 1. The van der Waals surface area contributed by atoms with Gasteiger partial charge in [0.25, 0.3) is 0 Å². The van der Waals surface area contributed by atoms with Gasteiger partial charge in [0.1, 0.15) is 11.9 Å². The van der Waals surface area contributed by atoms with Crippen molar-refractivity contribution >= 4 is 11.6 Å². The average molecular weight is 284 g/mol. The van der Waals surface area contributed by atoms with Crippen LogP contribution in [0, 0.1) is 17.2 Å². The van der Waals surface area contributed by atoms with E-state index in [2.05, 4.69) is 31.2 Å². The molecule has 2 aromatic carbocycles. The molecule has 0 bridgehead atoms. The van der Waals surface area contributed by atoms with Gasteiger partial charge in [0.05, 0.1) is 16.7 Å². The Balaban J connectivity index is 1.90. The lowest BCUT2D eigenvalue weighted by Gasteiger charge is -2.20. The molecule has 20 heavy (non-hydrogen) atoms. The Morgan fingerprint density at radius 2 is 2.05 bits per heavy atom. The number of hydrogen-bond acceptors (Lipinski definition) is 2. The van der Waals surface area contributed by atoms with Crippen LogP contribution in [0.2, 0.25) is 5.02 Å². The van der Waals surface area contributed by atoms with Crippen LogP contribution in [0.1, 0.15) is 29.7 Å². The topological polar surface area (TPSA) is 33.0 Å². The Morgan fingerprint density at radius 1 is 1.25 bits per heavy atom. The molecule has 2 aromatic rings. The van der Waals surface area contributed by atoms with E-state index in [0.29, 0.717) is 22.3 Å². The number of fused-ring (bicyclic) bond motifs is 1. The monoisotopic (exact) mass is 283 g/mol. The smallest absolute Gasteiger partial charge is 0.138 e. The lowest BCUT2D eigenvalue weighted by Crippen LogP contribution is -2.11. The van der Waals surface area contributed by atoms with Crippen molar-refractivity contribution in [2.75, 3.05) is 0 Å². The first kappa shape index (κ1) is 13.0. The number of halogens is 1. The van der Waals surface area contributed by atoms with E-state index in [1.165, 1.54) is 11.1 Å². The first-order chi connectivity index (χ1) is 9.69. The van der Waals surface area contributed by atoms with Crippen LogP contribution in [0.3, 0.4) is 0 Å². The predicted octanol–water partition coefficient (Wildman–Crippen LogP) is 4.52. The van der Waals surface area contributed by atoms with E-state index in [4.69, 9.17) is 21.6 Å². The molecule has 0 saturated carbocycles. The quantitative estimate of drug-likeness (QED) is 0.811. The van der Waals surface area contributed by atoms with Crippen LogP contribution >= 0.6 is 11.6 Å². The van der Waals surface area contributed by atoms with Crippen LogP contribution in [-0.2, 0) is 6.42 Å². The van der Waals surface area contributed by atoms with Crippen molar-refractivity contribution in [3.05, 3.63) is 64.2 Å². The molecule has 0 amide bonds. The Kier molecular flexibility index (Phi) is 3.38. The van der Waals surface area contributed by atoms with Crippen LogP contribution in [0.25, 0.3) is 0 Å². The highest BCUT2D eigenvalue weighted by Crippen LogP contribution is 2.40. The summed E-state index contributed by atoms with van der Waals surface area (Å²) in [6.07, 6.45) is 1.05. The summed E-state index contributed by atoms with van der Waals surface area (Å²) in [6.45, 7) is 2.18. The second-order valence-corrected chi connectivity index (χ2v) is 5.58. The molecule has 1 aliphatic rings. The van der Waals surface area contributed by atoms with E-state index in [0.717, 1.165) is 6.42 Å². The molecule has 0 heterocycles. The Bertz CT molecular complexity index is 690. The van der Waals surface area contributed by atoms with E-state index >= 15 is 0 Å². The molecular formula is C17H14ClNO. The fourth-order valence-electron chi connectivity index (χ4n) is 2.74. The molecule has 2 nitrogen and oxygen atoms in total. The van der Waals surface area contributed by atoms with E-state index < -0.39 is 0 Å². The van der Waals surface area contributed by atoms with Crippen LogP contribution in [-0.4, -0.2) is 0 Å². The molecule has 100 valence electrons. The minimum absolute atomic E-state index is 0.0247. The molecule has 0 aromatic heterocycles. The van der Waals surface area contributed by atoms with Crippen molar-refractivity contribution < 1.29 is 4.74 Å². The van der Waals surface area contributed by atoms with Crippen molar-refractivity contribution in [1.29, 1.82) is 5.26 Å². The van der Waals surface area contributed by atoms with Gasteiger partial charge in [0.15, 0.2) is 0 Å². The van der Waals surface area contributed by atoms with Crippen molar-refractivity contribution in [1.82, 2.24) is 0 Å². The van der Waals surface area contributed by atoms with Gasteiger partial charge >= 0.3 is 0 Å². The van der Waals surface area contributed by atoms with Gasteiger partial charge in [-0.15, -0.1) is 0 Å². The van der Waals surface area contributed by atoms with Crippen molar-refractivity contribution in [3.63, 3.8) is 0 Å². The third-order valence-corrected chi connectivity index (χ3v) is 4.03. The van der Waals surface area contributed by atoms with E-state index in [1.54, 1.807) is 18.2 Å². The number of nitriles is 1. The van der Waals surface area contributed by atoms with E-state index in [1.807, 2.05) is 6.07 Å². The Hall–Kier alpha value is -1.98. The minimum atomic E-state index is 0.0247. The Labute approximate surface area is 123 Å². The molecule has 0 saturated heterocycles. The normalized spacial score (nSPS) is 20.2. The van der Waals surface area contributed by atoms with Gasteiger partial charge in [-0.1, -0.05) is 42.8 Å². The van der Waals surface area contributed by atoms with Gasteiger partial charge in [0.2, 0.25) is 0 Å². The maximum atomic E-state index is 8.86. The molecular weight excluding hydrogens is 270 g/mol. The molecule has 0 radical (unpaired) electrons. The molecule has 3 rings (SSSR count). The zero-order valence-electron chi connectivity index (χ0n) is 11.1. The highest BCUT2D eigenvalue weighted by Gasteiger charge is 2.31. The third-order valence-electron chi connectivity index (χ3n) is 3.74. The highest BCUT2D eigenvalue weighted by molar-refractivity contribution is 6.32. The van der Waals surface area contributed by atoms with Crippen LogP contribution in [0.4, 0.5) is 0 Å². The summed E-state index contributed by atoms with van der Waals surface area (Å²) in [7, 11) is 0. The van der Waals surface area contributed by atoms with Gasteiger partial charge in [0, 0.05) is 5.92 Å². The van der Waals surface area contributed by atoms with Crippen LogP contribution in [0.15, 0.2) is 42.5 Å². The summed E-state index contributed by atoms with van der Waals surface area (Å²) < 4.78 is 6.10. The summed E-state index contributed by atoms with van der Waals surface area (Å²) in [5, 5.41) is 9.35. The standard InChI is InChI=1S/C17H14ClNO/c1-11-8-13-4-2-3-5-14(13)17(11)20-16-7-6-12(10-19)9-15(16)18/h2-7,9,11,17H,8H2,1H3/t11-,17?/m1/s1. The molecule has 1 aliphatic carbocycles. The van der Waals surface area contributed by atoms with Gasteiger partial charge in [-0.05, 0) is 35.7 Å². The van der Waals surface area contributed by atoms with Gasteiger partial charge in [-0.2, -0.15) is 5.26 Å². The van der Waals surface area contributed by atoms with Crippen molar-refractivity contribution in [2.24, 2.45) is 5.92 Å². The minimum Gasteiger partial charge on any atom is -0.484 e. The number of hydrogen-bond donors (Lipinski definition) is 0. The fourth-order valence-corrected chi connectivity index (χ4v) is 2.97. The lowest BCUT2D eigenvalue weighted by molar-refractivity contribution is 0.159. The second kappa shape index (κ2) is 5.19. The summed E-state index contributed by atoms with van der Waals surface area (Å²) >= 11 is 6.19. The second-order valence-electron chi connectivity index (χ2n) is 5.18. The third kappa shape index (κ3) is 2.26. The summed E-state index contributed by atoms with van der Waals surface area (Å²) in [5.41, 5.74) is 3.12. The van der Waals surface area contributed by atoms with E-state index in [9.17, 15) is 0 Å². The van der Waals surface area contributed by atoms with E-state index in [-0.39, 0.29) is 6.10 Å². The maximum Gasteiger partial charge on any atom is 0.138 e. The largest absolute Gasteiger partial charge is 0.484 e. The Morgan fingerprint density at radius 3 is 2.80 bits per heavy atom. The highest BCUT2D eigenvalue weighted by atomic mass is 35.5. The van der Waals surface area contributed by atoms with Gasteiger partial charge < -0.3 is 4.74 Å². The number of nitrogens with zero attached hydrogens (tertiary/aromatic N) is 1. The zero-order valence-corrected chi connectivity index (χ0v) is 11.9. The van der Waals surface area contributed by atoms with Crippen LogP contribution < -0.4 is 4.74 Å². The average Bonchev–Trinajstić information content (AvgIpc) is 2.77. The molecule has 3 heteroatoms. The maximum absolute atomic E-state index is 8.86. The first-order valence-electron chi connectivity index (χ1n) is 6.63. The van der Waals surface area contributed by atoms with Crippen molar-refractivity contribution in [2.45, 2.75) is 19.4 Å². The van der Waals surface area contributed by atoms with Crippen LogP contribution in [0.5, 0.6) is 5.75 Å². The molecule has 0 spiro atoms. The molecule has 2 atom stereocenters. The SMILES string of the molecule is C[C@@H]1Cc2ccccc2C1Oc1ccc(C#N)cc1Cl. The zero-order chi connectivity index (χ0) is 14.1. The summed E-state index contributed by atoms with van der Waals surface area (Å²) in [6, 6.07) is 15.6.